The average Bonchev–Trinajstić information content (AvgIpc) is 3.16. The first-order chi connectivity index (χ1) is 12.4. The smallest absolute Gasteiger partial charge is 0.407 e. The van der Waals surface area contributed by atoms with Crippen molar-refractivity contribution in [2.75, 3.05) is 0 Å². The van der Waals surface area contributed by atoms with E-state index in [9.17, 15) is 4.79 Å². The van der Waals surface area contributed by atoms with E-state index in [1.807, 2.05) is 34.6 Å². The highest BCUT2D eigenvalue weighted by molar-refractivity contribution is 9.12. The summed E-state index contributed by atoms with van der Waals surface area (Å²) >= 11 is 3.45. The molecule has 0 aliphatic heterocycles. The van der Waals surface area contributed by atoms with Crippen LogP contribution in [0.4, 0.5) is 4.79 Å². The van der Waals surface area contributed by atoms with Crippen molar-refractivity contribution in [1.82, 2.24) is 15.3 Å². The van der Waals surface area contributed by atoms with Crippen LogP contribution in [-0.2, 0) is 4.74 Å². The molecule has 0 spiro atoms. The predicted octanol–water partition coefficient (Wildman–Crippen LogP) is 6.66. The van der Waals surface area contributed by atoms with Crippen LogP contribution in [0.3, 0.4) is 0 Å². The molecular weight excluding hydrogens is 394 g/mol. The van der Waals surface area contributed by atoms with Gasteiger partial charge in [0.2, 0.25) is 0 Å². The third-order valence-corrected chi connectivity index (χ3v) is 3.87. The quantitative estimate of drug-likeness (QED) is 0.563. The van der Waals surface area contributed by atoms with Crippen molar-refractivity contribution < 1.29 is 9.53 Å². The van der Waals surface area contributed by atoms with E-state index in [1.54, 1.807) is 26.2 Å². The summed E-state index contributed by atoms with van der Waals surface area (Å²) in [7, 11) is 0. The first-order valence-electron chi connectivity index (χ1n) is 9.39. The van der Waals surface area contributed by atoms with Gasteiger partial charge in [-0.2, -0.15) is 0 Å². The highest BCUT2D eigenvalue weighted by Crippen LogP contribution is 2.22. The molecule has 1 unspecified atom stereocenters. The molecule has 1 heterocycles. The SMILES string of the molecule is CC.CC.CC(C)OC(=O)NC(C)c1ncc[nH]1.CC1=CCCC=C1Br. The van der Waals surface area contributed by atoms with E-state index in [1.165, 1.54) is 22.9 Å². The Morgan fingerprint density at radius 1 is 1.19 bits per heavy atom. The molecule has 1 aromatic heterocycles. The standard InChI is InChI=1S/C9H15N3O2.C7H9Br.2C2H6/c1-6(2)14-9(13)12-7(3)8-10-4-5-11-8;1-6-4-2-3-5-7(6)8;2*1-2/h4-7H,1-3H3,(H,10,11)(H,12,13);4-5H,2-3H2,1H3;2*1-2H3. The molecule has 0 bridgehead atoms. The molecular formula is C20H36BrN3O2. The Balaban J connectivity index is 0. The minimum atomic E-state index is -0.427. The summed E-state index contributed by atoms with van der Waals surface area (Å²) in [6.45, 7) is 15.6. The number of carbonyl (C=O) groups is 1. The lowest BCUT2D eigenvalue weighted by Gasteiger charge is -2.13. The van der Waals surface area contributed by atoms with Crippen LogP contribution in [0, 0.1) is 0 Å². The Morgan fingerprint density at radius 2 is 1.77 bits per heavy atom. The van der Waals surface area contributed by atoms with Crippen molar-refractivity contribution >= 4 is 22.0 Å². The van der Waals surface area contributed by atoms with E-state index in [4.69, 9.17) is 4.74 Å². The molecule has 1 aliphatic carbocycles. The van der Waals surface area contributed by atoms with Crippen molar-refractivity contribution in [3.63, 3.8) is 0 Å². The third kappa shape index (κ3) is 12.8. The van der Waals surface area contributed by atoms with Crippen LogP contribution >= 0.6 is 15.9 Å². The van der Waals surface area contributed by atoms with Gasteiger partial charge in [-0.25, -0.2) is 9.78 Å². The van der Waals surface area contributed by atoms with E-state index in [2.05, 4.69) is 50.3 Å². The number of nitrogens with one attached hydrogen (secondary N) is 2. The number of aromatic nitrogens is 2. The third-order valence-electron chi connectivity index (χ3n) is 2.92. The number of allylic oxidation sites excluding steroid dienone is 4. The summed E-state index contributed by atoms with van der Waals surface area (Å²) in [5.41, 5.74) is 1.37. The molecule has 6 heteroatoms. The molecule has 0 aromatic carbocycles. The fourth-order valence-electron chi connectivity index (χ4n) is 1.78. The van der Waals surface area contributed by atoms with Gasteiger partial charge in [0.1, 0.15) is 5.82 Å². The monoisotopic (exact) mass is 429 g/mol. The van der Waals surface area contributed by atoms with Crippen molar-refractivity contribution in [1.29, 1.82) is 0 Å². The topological polar surface area (TPSA) is 67.0 Å². The summed E-state index contributed by atoms with van der Waals surface area (Å²) in [6.07, 6.45) is 9.68. The second-order valence-electron chi connectivity index (χ2n) is 5.31. The molecule has 0 radical (unpaired) electrons. The lowest BCUT2D eigenvalue weighted by Crippen LogP contribution is -2.29. The molecule has 2 rings (SSSR count). The largest absolute Gasteiger partial charge is 0.447 e. The van der Waals surface area contributed by atoms with Gasteiger partial charge in [-0.15, -0.1) is 0 Å². The molecule has 0 saturated carbocycles. The Labute approximate surface area is 167 Å². The summed E-state index contributed by atoms with van der Waals surface area (Å²) in [4.78, 5) is 18.1. The zero-order chi connectivity index (χ0) is 20.5. The minimum absolute atomic E-state index is 0.112. The molecule has 1 amide bonds. The number of halogens is 1. The first-order valence-corrected chi connectivity index (χ1v) is 10.2. The number of amides is 1. The van der Waals surface area contributed by atoms with E-state index >= 15 is 0 Å². The molecule has 1 aromatic rings. The number of nitrogens with zero attached hydrogens (tertiary/aromatic N) is 1. The van der Waals surface area contributed by atoms with Crippen molar-refractivity contribution in [2.24, 2.45) is 0 Å². The van der Waals surface area contributed by atoms with Gasteiger partial charge >= 0.3 is 6.09 Å². The predicted molar refractivity (Wildman–Crippen MR) is 114 cm³/mol. The average molecular weight is 430 g/mol. The van der Waals surface area contributed by atoms with Crippen LogP contribution in [0.25, 0.3) is 0 Å². The van der Waals surface area contributed by atoms with Gasteiger partial charge in [0.15, 0.2) is 0 Å². The van der Waals surface area contributed by atoms with Gasteiger partial charge < -0.3 is 15.0 Å². The first kappa shape index (κ1) is 26.7. The maximum absolute atomic E-state index is 11.2. The van der Waals surface area contributed by atoms with Gasteiger partial charge in [0.05, 0.1) is 12.1 Å². The van der Waals surface area contributed by atoms with Crippen LogP contribution in [0.15, 0.2) is 34.6 Å². The number of ether oxygens (including phenoxy) is 1. The van der Waals surface area contributed by atoms with Crippen LogP contribution in [-0.4, -0.2) is 22.2 Å². The number of H-pyrrole nitrogens is 1. The zero-order valence-corrected chi connectivity index (χ0v) is 19.1. The number of carbonyl (C=O) groups excluding carboxylic acids is 1. The number of hydrogen-bond acceptors (Lipinski definition) is 3. The molecule has 0 fully saturated rings. The van der Waals surface area contributed by atoms with E-state index in [0.717, 1.165) is 0 Å². The van der Waals surface area contributed by atoms with Crippen molar-refractivity contribution in [3.8, 4) is 0 Å². The Morgan fingerprint density at radius 3 is 2.15 bits per heavy atom. The molecule has 2 N–H and O–H groups in total. The Hall–Kier alpha value is -1.56. The number of aromatic amines is 1. The Bertz CT molecular complexity index is 505. The van der Waals surface area contributed by atoms with E-state index in [-0.39, 0.29) is 12.1 Å². The van der Waals surface area contributed by atoms with Crippen LogP contribution in [0.2, 0.25) is 0 Å². The maximum Gasteiger partial charge on any atom is 0.407 e. The molecule has 150 valence electrons. The van der Waals surface area contributed by atoms with Gasteiger partial charge in [-0.05, 0) is 46.1 Å². The summed E-state index contributed by atoms with van der Waals surface area (Å²) in [5.74, 6) is 0.714. The highest BCUT2D eigenvalue weighted by Gasteiger charge is 2.12. The van der Waals surface area contributed by atoms with Crippen LogP contribution in [0.5, 0.6) is 0 Å². The number of alkyl carbamates (subject to hydrolysis) is 1. The summed E-state index contributed by atoms with van der Waals surface area (Å²) < 4.78 is 6.19. The number of imidazole rings is 1. The molecule has 0 saturated heterocycles. The van der Waals surface area contributed by atoms with Gasteiger partial charge in [-0.1, -0.05) is 55.8 Å². The molecule has 26 heavy (non-hydrogen) atoms. The Kier molecular flexibility index (Phi) is 17.3. The highest BCUT2D eigenvalue weighted by atomic mass is 79.9. The summed E-state index contributed by atoms with van der Waals surface area (Å²) in [5, 5.41) is 2.66. The lowest BCUT2D eigenvalue weighted by atomic mass is 10.1. The van der Waals surface area contributed by atoms with Gasteiger partial charge in [-0.3, -0.25) is 0 Å². The molecule has 1 atom stereocenters. The van der Waals surface area contributed by atoms with Crippen molar-refractivity contribution in [3.05, 3.63) is 40.4 Å². The second-order valence-corrected chi connectivity index (χ2v) is 6.17. The van der Waals surface area contributed by atoms with Crippen LogP contribution in [0.1, 0.15) is 80.1 Å². The van der Waals surface area contributed by atoms with Crippen molar-refractivity contribution in [2.45, 2.75) is 80.4 Å². The van der Waals surface area contributed by atoms with Crippen LogP contribution < -0.4 is 5.32 Å². The number of rotatable bonds is 3. The van der Waals surface area contributed by atoms with E-state index < -0.39 is 6.09 Å². The second kappa shape index (κ2) is 16.9. The normalized spacial score (nSPS) is 13.3. The minimum Gasteiger partial charge on any atom is -0.447 e. The fraction of sp³-hybridized carbons (Fsp3) is 0.600. The number of hydrogen-bond donors (Lipinski definition) is 2. The zero-order valence-electron chi connectivity index (χ0n) is 17.5. The van der Waals surface area contributed by atoms with E-state index in [0.29, 0.717) is 5.82 Å². The van der Waals surface area contributed by atoms with Gasteiger partial charge in [0.25, 0.3) is 0 Å². The molecule has 5 nitrogen and oxygen atoms in total. The molecule has 1 aliphatic rings. The summed E-state index contributed by atoms with van der Waals surface area (Å²) in [6, 6.07) is -0.170. The lowest BCUT2D eigenvalue weighted by molar-refractivity contribution is 0.112. The fourth-order valence-corrected chi connectivity index (χ4v) is 2.17. The van der Waals surface area contributed by atoms with Gasteiger partial charge in [0, 0.05) is 16.9 Å². The maximum atomic E-state index is 11.2.